The Morgan fingerprint density at radius 3 is 2.21 bits per heavy atom. The summed E-state index contributed by atoms with van der Waals surface area (Å²) in [4.78, 5) is 27.9. The molecule has 2 amide bonds. The number of carbonyl (C=O) groups excluding carboxylic acids is 2. The van der Waals surface area contributed by atoms with Crippen molar-refractivity contribution in [1.29, 1.82) is 0 Å². The highest BCUT2D eigenvalue weighted by molar-refractivity contribution is 7.92. The molecule has 0 aliphatic rings. The first kappa shape index (κ1) is 31.7. The van der Waals surface area contributed by atoms with Crippen LogP contribution in [0.25, 0.3) is 0 Å². The summed E-state index contributed by atoms with van der Waals surface area (Å²) >= 11 is 12.0. The Kier molecular flexibility index (Phi) is 10.9. The highest BCUT2D eigenvalue weighted by Gasteiger charge is 2.36. The Morgan fingerprint density at radius 1 is 1.05 bits per heavy atom. The van der Waals surface area contributed by atoms with Crippen LogP contribution in [0.15, 0.2) is 42.5 Å². The Bertz CT molecular complexity index is 1260. The zero-order valence-corrected chi connectivity index (χ0v) is 23.7. The lowest BCUT2D eigenvalue weighted by Gasteiger charge is -2.33. The molecule has 0 aliphatic heterocycles. The van der Waals surface area contributed by atoms with Gasteiger partial charge in [0.2, 0.25) is 21.8 Å². The van der Waals surface area contributed by atoms with Crippen LogP contribution in [0.1, 0.15) is 38.3 Å². The van der Waals surface area contributed by atoms with Gasteiger partial charge in [0.25, 0.3) is 0 Å². The molecular formula is C25H30Cl2F3N3O4S. The van der Waals surface area contributed by atoms with Crippen LogP contribution in [-0.4, -0.2) is 50.5 Å². The lowest BCUT2D eigenvalue weighted by atomic mass is 10.1. The minimum absolute atomic E-state index is 0.127. The molecule has 2 rings (SSSR count). The first-order valence-electron chi connectivity index (χ1n) is 11.7. The van der Waals surface area contributed by atoms with Crippen LogP contribution < -0.4 is 9.62 Å². The van der Waals surface area contributed by atoms with Crippen molar-refractivity contribution in [2.75, 3.05) is 23.7 Å². The fourth-order valence-corrected chi connectivity index (χ4v) is 4.91. The molecule has 210 valence electrons. The summed E-state index contributed by atoms with van der Waals surface area (Å²) in [5.74, 6) is -1.11. The Morgan fingerprint density at radius 2 is 1.68 bits per heavy atom. The predicted molar refractivity (Wildman–Crippen MR) is 143 cm³/mol. The molecule has 1 atom stereocenters. The van der Waals surface area contributed by atoms with Crippen LogP contribution in [0.4, 0.5) is 18.9 Å². The molecule has 0 fully saturated rings. The second-order valence-corrected chi connectivity index (χ2v) is 11.8. The highest BCUT2D eigenvalue weighted by atomic mass is 35.5. The maximum absolute atomic E-state index is 13.6. The van der Waals surface area contributed by atoms with E-state index in [0.717, 1.165) is 18.4 Å². The number of benzene rings is 2. The Hall–Kier alpha value is -2.50. The molecule has 0 saturated heterocycles. The van der Waals surface area contributed by atoms with Crippen molar-refractivity contribution in [3.8, 4) is 0 Å². The molecule has 1 unspecified atom stereocenters. The standard InChI is InChI=1S/C25H30Cl2F3N3O4S/c1-5-22(24(35)31-13-16(2)3)32(14-17-8-6-7-9-20(17)26)23(34)15-33(38(4,36)37)18-10-11-21(27)19(12-18)25(28,29)30/h6-12,16,22H,5,13-15H2,1-4H3,(H,31,35). The number of anilines is 1. The summed E-state index contributed by atoms with van der Waals surface area (Å²) in [6, 6.07) is 8.22. The number of carbonyl (C=O) groups is 2. The molecule has 0 aliphatic carbocycles. The van der Waals surface area contributed by atoms with E-state index >= 15 is 0 Å². The van der Waals surface area contributed by atoms with E-state index in [1.54, 1.807) is 31.2 Å². The molecule has 0 bridgehead atoms. The zero-order valence-electron chi connectivity index (χ0n) is 21.4. The molecule has 0 aromatic heterocycles. The summed E-state index contributed by atoms with van der Waals surface area (Å²) in [5.41, 5.74) is -1.13. The third-order valence-corrected chi connectivity index (χ3v) is 7.43. The Labute approximate surface area is 230 Å². The van der Waals surface area contributed by atoms with Crippen molar-refractivity contribution in [2.45, 2.75) is 46.0 Å². The van der Waals surface area contributed by atoms with Gasteiger partial charge in [-0.25, -0.2) is 8.42 Å². The topological polar surface area (TPSA) is 86.8 Å². The fourth-order valence-electron chi connectivity index (χ4n) is 3.65. The van der Waals surface area contributed by atoms with E-state index in [1.807, 2.05) is 13.8 Å². The first-order valence-corrected chi connectivity index (χ1v) is 14.3. The van der Waals surface area contributed by atoms with E-state index in [1.165, 1.54) is 4.90 Å². The molecule has 1 N–H and O–H groups in total. The lowest BCUT2D eigenvalue weighted by molar-refractivity contribution is -0.140. The smallest absolute Gasteiger partial charge is 0.354 e. The SMILES string of the molecule is CCC(C(=O)NCC(C)C)N(Cc1ccccc1Cl)C(=O)CN(c1ccc(Cl)c(C(F)(F)F)c1)S(C)(=O)=O. The second-order valence-electron chi connectivity index (χ2n) is 9.11. The van der Waals surface area contributed by atoms with Gasteiger partial charge < -0.3 is 10.2 Å². The average Bonchev–Trinajstić information content (AvgIpc) is 2.81. The molecule has 38 heavy (non-hydrogen) atoms. The normalized spacial score (nSPS) is 12.8. The molecule has 2 aromatic rings. The van der Waals surface area contributed by atoms with Gasteiger partial charge in [0.15, 0.2) is 0 Å². The van der Waals surface area contributed by atoms with Crippen molar-refractivity contribution >= 4 is 50.7 Å². The monoisotopic (exact) mass is 595 g/mol. The third-order valence-electron chi connectivity index (χ3n) is 5.59. The van der Waals surface area contributed by atoms with Gasteiger partial charge in [-0.3, -0.25) is 13.9 Å². The summed E-state index contributed by atoms with van der Waals surface area (Å²) < 4.78 is 66.2. The van der Waals surface area contributed by atoms with E-state index in [4.69, 9.17) is 23.2 Å². The van der Waals surface area contributed by atoms with Gasteiger partial charge in [-0.2, -0.15) is 13.2 Å². The van der Waals surface area contributed by atoms with Crippen LogP contribution in [0.2, 0.25) is 10.0 Å². The quantitative estimate of drug-likeness (QED) is 0.379. The van der Waals surface area contributed by atoms with Gasteiger partial charge in [0.05, 0.1) is 22.5 Å². The average molecular weight is 596 g/mol. The summed E-state index contributed by atoms with van der Waals surface area (Å²) in [6.07, 6.45) is -3.89. The zero-order chi connectivity index (χ0) is 28.8. The maximum Gasteiger partial charge on any atom is 0.417 e. The second kappa shape index (κ2) is 13.0. The van der Waals surface area contributed by atoms with Crippen molar-refractivity contribution in [3.05, 3.63) is 63.6 Å². The first-order chi connectivity index (χ1) is 17.6. The van der Waals surface area contributed by atoms with Crippen LogP contribution in [0.5, 0.6) is 0 Å². The van der Waals surface area contributed by atoms with Gasteiger partial charge in [0, 0.05) is 18.1 Å². The maximum atomic E-state index is 13.6. The molecule has 13 heteroatoms. The number of halogens is 5. The number of alkyl halides is 3. The minimum atomic E-state index is -4.85. The molecule has 2 aromatic carbocycles. The number of sulfonamides is 1. The van der Waals surface area contributed by atoms with Crippen molar-refractivity contribution in [2.24, 2.45) is 5.92 Å². The number of amides is 2. The summed E-state index contributed by atoms with van der Waals surface area (Å²) in [7, 11) is -4.23. The van der Waals surface area contributed by atoms with E-state index in [2.05, 4.69) is 5.32 Å². The van der Waals surface area contributed by atoms with Gasteiger partial charge in [-0.05, 0) is 42.2 Å². The third kappa shape index (κ3) is 8.51. The van der Waals surface area contributed by atoms with Crippen molar-refractivity contribution < 1.29 is 31.2 Å². The van der Waals surface area contributed by atoms with Gasteiger partial charge in [-0.1, -0.05) is 62.2 Å². The number of nitrogens with one attached hydrogen (secondary N) is 1. The van der Waals surface area contributed by atoms with E-state index in [0.29, 0.717) is 27.5 Å². The van der Waals surface area contributed by atoms with Crippen LogP contribution in [-0.2, 0) is 32.3 Å². The van der Waals surface area contributed by atoms with Crippen LogP contribution in [0.3, 0.4) is 0 Å². The van der Waals surface area contributed by atoms with Gasteiger partial charge >= 0.3 is 6.18 Å². The molecular weight excluding hydrogens is 566 g/mol. The Balaban J connectivity index is 2.52. The molecule has 0 radical (unpaired) electrons. The molecule has 0 spiro atoms. The van der Waals surface area contributed by atoms with E-state index < -0.39 is 56.9 Å². The summed E-state index contributed by atoms with van der Waals surface area (Å²) in [5, 5.41) is 2.49. The van der Waals surface area contributed by atoms with Gasteiger partial charge in [-0.15, -0.1) is 0 Å². The molecule has 0 saturated carbocycles. The highest BCUT2D eigenvalue weighted by Crippen LogP contribution is 2.37. The molecule has 0 heterocycles. The number of rotatable bonds is 11. The lowest BCUT2D eigenvalue weighted by Crippen LogP contribution is -2.52. The van der Waals surface area contributed by atoms with Crippen LogP contribution >= 0.6 is 23.2 Å². The fraction of sp³-hybridized carbons (Fsp3) is 0.440. The van der Waals surface area contributed by atoms with Crippen molar-refractivity contribution in [1.82, 2.24) is 10.2 Å². The van der Waals surface area contributed by atoms with E-state index in [9.17, 15) is 31.2 Å². The number of hydrogen-bond donors (Lipinski definition) is 1. The number of nitrogens with zero attached hydrogens (tertiary/aromatic N) is 2. The van der Waals surface area contributed by atoms with Gasteiger partial charge in [0.1, 0.15) is 12.6 Å². The van der Waals surface area contributed by atoms with E-state index in [-0.39, 0.29) is 18.9 Å². The van der Waals surface area contributed by atoms with Crippen molar-refractivity contribution in [3.63, 3.8) is 0 Å². The minimum Gasteiger partial charge on any atom is -0.354 e. The summed E-state index contributed by atoms with van der Waals surface area (Å²) in [6.45, 7) is 4.87. The number of hydrogen-bond acceptors (Lipinski definition) is 4. The van der Waals surface area contributed by atoms with Crippen LogP contribution in [0, 0.1) is 5.92 Å². The predicted octanol–water partition coefficient (Wildman–Crippen LogP) is 5.36. The largest absolute Gasteiger partial charge is 0.417 e. The molecule has 7 nitrogen and oxygen atoms in total.